The fourth-order valence-corrected chi connectivity index (χ4v) is 2.68. The summed E-state index contributed by atoms with van der Waals surface area (Å²) in [5.74, 6) is 1.29. The van der Waals surface area contributed by atoms with Crippen molar-refractivity contribution in [2.45, 2.75) is 5.16 Å². The number of furan rings is 1. The van der Waals surface area contributed by atoms with E-state index in [9.17, 15) is 4.79 Å². The summed E-state index contributed by atoms with van der Waals surface area (Å²) in [6.45, 7) is 0. The lowest BCUT2D eigenvalue weighted by atomic mass is 10.2. The van der Waals surface area contributed by atoms with Crippen LogP contribution in [0.5, 0.6) is 0 Å². The number of nitrogens with one attached hydrogen (secondary N) is 1. The lowest BCUT2D eigenvalue weighted by Crippen LogP contribution is -2.19. The Kier molecular flexibility index (Phi) is 5.07. The average molecular weight is 341 g/mol. The van der Waals surface area contributed by atoms with E-state index < -0.39 is 0 Å². The monoisotopic (exact) mass is 341 g/mol. The van der Waals surface area contributed by atoms with Gasteiger partial charge in [0.25, 0.3) is 5.91 Å². The van der Waals surface area contributed by atoms with E-state index in [1.165, 1.54) is 24.2 Å². The van der Waals surface area contributed by atoms with Crippen LogP contribution in [0, 0.1) is 0 Å². The minimum Gasteiger partial charge on any atom is -0.463 e. The molecule has 0 aliphatic heterocycles. The standard InChI is InChI=1S/C16H15N5O2S/c1-21-15(12-6-3-2-4-7-12)19-20-16(21)24-11-14(22)18-17-10-13-8-5-9-23-13/h2-10H,11H2,1H3,(H,18,22)/b17-10+. The van der Waals surface area contributed by atoms with Crippen LogP contribution in [0.3, 0.4) is 0 Å². The largest absolute Gasteiger partial charge is 0.463 e. The summed E-state index contributed by atoms with van der Waals surface area (Å²) in [7, 11) is 1.87. The van der Waals surface area contributed by atoms with Crippen LogP contribution in [0.25, 0.3) is 11.4 Å². The van der Waals surface area contributed by atoms with Crippen LogP contribution in [-0.2, 0) is 11.8 Å². The highest BCUT2D eigenvalue weighted by Gasteiger charge is 2.12. The van der Waals surface area contributed by atoms with Crippen LogP contribution in [0.4, 0.5) is 0 Å². The second kappa shape index (κ2) is 7.60. The van der Waals surface area contributed by atoms with Crippen molar-refractivity contribution in [1.82, 2.24) is 20.2 Å². The maximum Gasteiger partial charge on any atom is 0.250 e. The number of hydrogen-bond acceptors (Lipinski definition) is 6. The second-order valence-electron chi connectivity index (χ2n) is 4.83. The summed E-state index contributed by atoms with van der Waals surface area (Å²) in [6, 6.07) is 13.3. The fourth-order valence-electron chi connectivity index (χ4n) is 1.97. The first-order chi connectivity index (χ1) is 11.7. The van der Waals surface area contributed by atoms with Gasteiger partial charge in [0.2, 0.25) is 0 Å². The third kappa shape index (κ3) is 3.90. The normalized spacial score (nSPS) is 11.0. The molecule has 122 valence electrons. The Bertz CT molecular complexity index is 828. The van der Waals surface area contributed by atoms with Gasteiger partial charge < -0.3 is 8.98 Å². The number of nitrogens with zero attached hydrogens (tertiary/aromatic N) is 4. The minimum atomic E-state index is -0.230. The third-order valence-electron chi connectivity index (χ3n) is 3.12. The number of rotatable bonds is 6. The van der Waals surface area contributed by atoms with Crippen LogP contribution >= 0.6 is 11.8 Å². The molecule has 0 bridgehead atoms. The van der Waals surface area contributed by atoms with Gasteiger partial charge in [0, 0.05) is 12.6 Å². The first-order valence-corrected chi connectivity index (χ1v) is 8.15. The molecule has 0 aliphatic carbocycles. The molecule has 0 radical (unpaired) electrons. The summed E-state index contributed by atoms with van der Waals surface area (Å²) in [5, 5.41) is 12.8. The molecule has 0 fully saturated rings. The van der Waals surface area contributed by atoms with Crippen molar-refractivity contribution in [3.8, 4) is 11.4 Å². The summed E-state index contributed by atoms with van der Waals surface area (Å²) in [5.41, 5.74) is 3.42. The van der Waals surface area contributed by atoms with Gasteiger partial charge in [0.15, 0.2) is 11.0 Å². The highest BCUT2D eigenvalue weighted by atomic mass is 32.2. The predicted octanol–water partition coefficient (Wildman–Crippen LogP) is 2.32. The zero-order chi connectivity index (χ0) is 16.8. The van der Waals surface area contributed by atoms with E-state index >= 15 is 0 Å². The van der Waals surface area contributed by atoms with E-state index in [-0.39, 0.29) is 11.7 Å². The lowest BCUT2D eigenvalue weighted by molar-refractivity contribution is -0.118. The zero-order valence-electron chi connectivity index (χ0n) is 12.9. The molecular weight excluding hydrogens is 326 g/mol. The smallest absolute Gasteiger partial charge is 0.250 e. The number of hydrazone groups is 1. The summed E-state index contributed by atoms with van der Waals surface area (Å²) in [6.07, 6.45) is 2.98. The molecule has 1 N–H and O–H groups in total. The molecule has 0 saturated heterocycles. The summed E-state index contributed by atoms with van der Waals surface area (Å²) in [4.78, 5) is 11.8. The van der Waals surface area contributed by atoms with Crippen molar-refractivity contribution in [3.05, 3.63) is 54.5 Å². The van der Waals surface area contributed by atoms with E-state index in [1.807, 2.05) is 41.9 Å². The average Bonchev–Trinajstić information content (AvgIpc) is 3.24. The molecule has 3 aromatic rings. The van der Waals surface area contributed by atoms with Gasteiger partial charge in [-0.05, 0) is 12.1 Å². The number of amides is 1. The molecule has 1 aromatic carbocycles. The maximum atomic E-state index is 11.8. The predicted molar refractivity (Wildman–Crippen MR) is 91.6 cm³/mol. The second-order valence-corrected chi connectivity index (χ2v) is 5.77. The third-order valence-corrected chi connectivity index (χ3v) is 4.14. The Hall–Kier alpha value is -2.87. The van der Waals surface area contributed by atoms with Crippen molar-refractivity contribution < 1.29 is 9.21 Å². The van der Waals surface area contributed by atoms with Crippen molar-refractivity contribution in [2.24, 2.45) is 12.1 Å². The number of hydrogen-bond donors (Lipinski definition) is 1. The molecule has 2 aromatic heterocycles. The molecular formula is C16H15N5O2S. The number of benzene rings is 1. The molecule has 24 heavy (non-hydrogen) atoms. The first kappa shape index (κ1) is 16.0. The Morgan fingerprint density at radius 3 is 2.88 bits per heavy atom. The van der Waals surface area contributed by atoms with Gasteiger partial charge in [-0.15, -0.1) is 10.2 Å². The van der Waals surface area contributed by atoms with Gasteiger partial charge in [0.05, 0.1) is 18.2 Å². The maximum absolute atomic E-state index is 11.8. The van der Waals surface area contributed by atoms with Crippen LogP contribution in [0.15, 0.2) is 63.4 Å². The van der Waals surface area contributed by atoms with E-state index in [1.54, 1.807) is 12.1 Å². The topological polar surface area (TPSA) is 85.3 Å². The molecule has 1 amide bonds. The fraction of sp³-hybridized carbons (Fsp3) is 0.125. The van der Waals surface area contributed by atoms with Crippen molar-refractivity contribution in [2.75, 3.05) is 5.75 Å². The van der Waals surface area contributed by atoms with E-state index in [0.29, 0.717) is 10.9 Å². The molecule has 0 aliphatic rings. The number of aromatic nitrogens is 3. The van der Waals surface area contributed by atoms with E-state index in [0.717, 1.165) is 11.4 Å². The van der Waals surface area contributed by atoms with Crippen LogP contribution in [0.2, 0.25) is 0 Å². The van der Waals surface area contributed by atoms with Crippen molar-refractivity contribution >= 4 is 23.9 Å². The molecule has 3 rings (SSSR count). The summed E-state index contributed by atoms with van der Waals surface area (Å²) < 4.78 is 6.94. The molecule has 0 saturated carbocycles. The molecule has 7 nitrogen and oxygen atoms in total. The molecule has 0 unspecified atom stereocenters. The van der Waals surface area contributed by atoms with Gasteiger partial charge in [-0.1, -0.05) is 42.1 Å². The summed E-state index contributed by atoms with van der Waals surface area (Å²) >= 11 is 1.30. The Morgan fingerprint density at radius 1 is 1.29 bits per heavy atom. The van der Waals surface area contributed by atoms with Gasteiger partial charge in [-0.3, -0.25) is 4.79 Å². The van der Waals surface area contributed by atoms with Gasteiger partial charge in [-0.2, -0.15) is 5.10 Å². The van der Waals surface area contributed by atoms with Crippen LogP contribution < -0.4 is 5.43 Å². The molecule has 0 spiro atoms. The highest BCUT2D eigenvalue weighted by molar-refractivity contribution is 7.99. The number of thioether (sulfide) groups is 1. The van der Waals surface area contributed by atoms with Crippen LogP contribution in [0.1, 0.15) is 5.76 Å². The zero-order valence-corrected chi connectivity index (χ0v) is 13.7. The van der Waals surface area contributed by atoms with Crippen LogP contribution in [-0.4, -0.2) is 32.6 Å². The number of carbonyl (C=O) groups excluding carboxylic acids is 1. The quantitative estimate of drug-likeness (QED) is 0.422. The molecule has 0 atom stereocenters. The molecule has 2 heterocycles. The number of carbonyl (C=O) groups is 1. The van der Waals surface area contributed by atoms with Gasteiger partial charge in [0.1, 0.15) is 5.76 Å². The lowest BCUT2D eigenvalue weighted by Gasteiger charge is -2.03. The SMILES string of the molecule is Cn1c(SCC(=O)N/N=C/c2ccco2)nnc1-c1ccccc1. The van der Waals surface area contributed by atoms with Gasteiger partial charge >= 0.3 is 0 Å². The first-order valence-electron chi connectivity index (χ1n) is 7.17. The molecule has 8 heteroatoms. The Balaban J connectivity index is 1.55. The van der Waals surface area contributed by atoms with E-state index in [2.05, 4.69) is 20.7 Å². The van der Waals surface area contributed by atoms with Crippen molar-refractivity contribution in [3.63, 3.8) is 0 Å². The minimum absolute atomic E-state index is 0.191. The van der Waals surface area contributed by atoms with E-state index in [4.69, 9.17) is 4.42 Å². The van der Waals surface area contributed by atoms with Gasteiger partial charge in [-0.25, -0.2) is 5.43 Å². The Morgan fingerprint density at radius 2 is 2.12 bits per heavy atom. The highest BCUT2D eigenvalue weighted by Crippen LogP contribution is 2.22. The Labute approximate surface area is 142 Å². The van der Waals surface area contributed by atoms with Crippen molar-refractivity contribution in [1.29, 1.82) is 0 Å².